The van der Waals surface area contributed by atoms with E-state index in [9.17, 15) is 18.0 Å². The third kappa shape index (κ3) is 2.83. The average molecular weight is 358 g/mol. The number of rotatable bonds is 2. The van der Waals surface area contributed by atoms with E-state index in [-0.39, 0.29) is 18.2 Å². The number of carbonyl (C=O) groups excluding carboxylic acids is 1. The van der Waals surface area contributed by atoms with Crippen molar-refractivity contribution in [3.8, 4) is 5.69 Å². The third-order valence-electron chi connectivity index (χ3n) is 4.32. The lowest BCUT2D eigenvalue weighted by molar-refractivity contribution is -0.137. The third-order valence-corrected chi connectivity index (χ3v) is 4.32. The van der Waals surface area contributed by atoms with Gasteiger partial charge in [0.15, 0.2) is 5.82 Å². The van der Waals surface area contributed by atoms with E-state index < -0.39 is 11.7 Å². The van der Waals surface area contributed by atoms with Crippen LogP contribution in [0.3, 0.4) is 0 Å². The van der Waals surface area contributed by atoms with Gasteiger partial charge in [-0.15, -0.1) is 0 Å². The van der Waals surface area contributed by atoms with Crippen molar-refractivity contribution in [2.45, 2.75) is 18.5 Å². The van der Waals surface area contributed by atoms with Gasteiger partial charge in [0, 0.05) is 30.4 Å². The molecule has 2 aromatic heterocycles. The van der Waals surface area contributed by atoms with Gasteiger partial charge in [-0.1, -0.05) is 12.1 Å². The summed E-state index contributed by atoms with van der Waals surface area (Å²) >= 11 is 0. The lowest BCUT2D eigenvalue weighted by Gasteiger charge is -2.24. The fourth-order valence-electron chi connectivity index (χ4n) is 3.15. The number of hydrogen-bond donors (Lipinski definition) is 1. The van der Waals surface area contributed by atoms with Gasteiger partial charge in [-0.2, -0.15) is 13.2 Å². The molecule has 0 saturated heterocycles. The van der Waals surface area contributed by atoms with E-state index in [2.05, 4.69) is 15.3 Å². The van der Waals surface area contributed by atoms with Crippen molar-refractivity contribution in [3.63, 3.8) is 0 Å². The van der Waals surface area contributed by atoms with Gasteiger partial charge in [0.1, 0.15) is 6.33 Å². The Morgan fingerprint density at radius 1 is 1.19 bits per heavy atom. The maximum Gasteiger partial charge on any atom is 0.416 e. The number of aromatic nitrogens is 3. The van der Waals surface area contributed by atoms with Crippen molar-refractivity contribution < 1.29 is 18.0 Å². The van der Waals surface area contributed by atoms with Crippen LogP contribution in [0, 0.1) is 0 Å². The molecule has 0 saturated carbocycles. The van der Waals surface area contributed by atoms with E-state index in [0.29, 0.717) is 17.2 Å². The summed E-state index contributed by atoms with van der Waals surface area (Å²) in [4.78, 5) is 20.3. The summed E-state index contributed by atoms with van der Waals surface area (Å²) in [6.07, 6.45) is 0.431. The quantitative estimate of drug-likeness (QED) is 0.759. The number of alkyl halides is 3. The molecule has 5 nitrogen and oxygen atoms in total. The van der Waals surface area contributed by atoms with Crippen LogP contribution in [-0.4, -0.2) is 20.4 Å². The molecule has 0 aliphatic carbocycles. The SMILES string of the molecule is O=C1C[C@@H](c2cccnc2)c2c(ncn2-c2cccc(C(F)(F)F)c2)N1. The van der Waals surface area contributed by atoms with Crippen LogP contribution in [0.2, 0.25) is 0 Å². The Morgan fingerprint density at radius 2 is 2.04 bits per heavy atom. The average Bonchev–Trinajstić information content (AvgIpc) is 3.05. The molecule has 3 heterocycles. The Labute approximate surface area is 146 Å². The van der Waals surface area contributed by atoms with Gasteiger partial charge in [-0.05, 0) is 29.8 Å². The molecule has 1 aliphatic heterocycles. The highest BCUT2D eigenvalue weighted by atomic mass is 19.4. The fourth-order valence-corrected chi connectivity index (χ4v) is 3.15. The topological polar surface area (TPSA) is 59.8 Å². The summed E-state index contributed by atoms with van der Waals surface area (Å²) in [5.41, 5.74) is 1.03. The van der Waals surface area contributed by atoms with Gasteiger partial charge < -0.3 is 9.88 Å². The number of benzene rings is 1. The van der Waals surface area contributed by atoms with Crippen molar-refractivity contribution in [2.24, 2.45) is 0 Å². The second-order valence-corrected chi connectivity index (χ2v) is 5.99. The van der Waals surface area contributed by atoms with E-state index >= 15 is 0 Å². The van der Waals surface area contributed by atoms with E-state index in [0.717, 1.165) is 17.7 Å². The van der Waals surface area contributed by atoms with Crippen LogP contribution < -0.4 is 5.32 Å². The molecule has 1 atom stereocenters. The highest BCUT2D eigenvalue weighted by Crippen LogP contribution is 2.38. The van der Waals surface area contributed by atoms with E-state index in [1.54, 1.807) is 29.1 Å². The zero-order valence-electron chi connectivity index (χ0n) is 13.4. The predicted molar refractivity (Wildman–Crippen MR) is 87.9 cm³/mol. The van der Waals surface area contributed by atoms with Crippen molar-refractivity contribution in [3.05, 3.63) is 71.9 Å². The van der Waals surface area contributed by atoms with Gasteiger partial charge >= 0.3 is 6.18 Å². The Bertz CT molecular complexity index is 966. The number of carbonyl (C=O) groups is 1. The molecule has 0 fully saturated rings. The molecule has 1 aromatic carbocycles. The lowest BCUT2D eigenvalue weighted by Crippen LogP contribution is -2.25. The zero-order chi connectivity index (χ0) is 18.3. The van der Waals surface area contributed by atoms with Gasteiger partial charge in [0.25, 0.3) is 0 Å². The second-order valence-electron chi connectivity index (χ2n) is 5.99. The summed E-state index contributed by atoms with van der Waals surface area (Å²) < 4.78 is 40.7. The molecule has 4 rings (SSSR count). The van der Waals surface area contributed by atoms with Gasteiger partial charge in [-0.3, -0.25) is 9.78 Å². The van der Waals surface area contributed by atoms with Crippen LogP contribution in [0.15, 0.2) is 55.1 Å². The number of hydrogen-bond acceptors (Lipinski definition) is 3. The number of amides is 1. The number of nitrogens with zero attached hydrogens (tertiary/aromatic N) is 3. The normalized spacial score (nSPS) is 16.9. The first-order valence-corrected chi connectivity index (χ1v) is 7.88. The summed E-state index contributed by atoms with van der Waals surface area (Å²) in [6, 6.07) is 8.61. The molecule has 8 heteroatoms. The Morgan fingerprint density at radius 3 is 2.77 bits per heavy atom. The smallest absolute Gasteiger partial charge is 0.309 e. The lowest BCUT2D eigenvalue weighted by atomic mass is 9.90. The Balaban J connectivity index is 1.85. The minimum Gasteiger partial charge on any atom is -0.309 e. The molecule has 3 aromatic rings. The van der Waals surface area contributed by atoms with Crippen LogP contribution >= 0.6 is 0 Å². The zero-order valence-corrected chi connectivity index (χ0v) is 13.4. The summed E-state index contributed by atoms with van der Waals surface area (Å²) in [7, 11) is 0. The highest BCUT2D eigenvalue weighted by Gasteiger charge is 2.33. The van der Waals surface area contributed by atoms with E-state index in [1.165, 1.54) is 12.4 Å². The summed E-state index contributed by atoms with van der Waals surface area (Å²) in [5, 5.41) is 2.68. The molecule has 0 bridgehead atoms. The molecular formula is C18H13F3N4O. The van der Waals surface area contributed by atoms with Crippen LogP contribution in [0.5, 0.6) is 0 Å². The van der Waals surface area contributed by atoms with Crippen molar-refractivity contribution in [1.29, 1.82) is 0 Å². The number of nitrogens with one attached hydrogen (secondary N) is 1. The first-order chi connectivity index (χ1) is 12.4. The van der Waals surface area contributed by atoms with E-state index in [1.807, 2.05) is 6.07 Å². The van der Waals surface area contributed by atoms with Crippen molar-refractivity contribution in [2.75, 3.05) is 5.32 Å². The molecule has 132 valence electrons. The van der Waals surface area contributed by atoms with Crippen molar-refractivity contribution >= 4 is 11.7 Å². The molecule has 1 amide bonds. The molecule has 0 spiro atoms. The van der Waals surface area contributed by atoms with Gasteiger partial charge in [0.05, 0.1) is 11.3 Å². The monoisotopic (exact) mass is 358 g/mol. The van der Waals surface area contributed by atoms with Crippen molar-refractivity contribution in [1.82, 2.24) is 14.5 Å². The Hall–Kier alpha value is -3.16. The fraction of sp³-hybridized carbons (Fsp3) is 0.167. The van der Waals surface area contributed by atoms with Crippen LogP contribution in [-0.2, 0) is 11.0 Å². The molecule has 26 heavy (non-hydrogen) atoms. The van der Waals surface area contributed by atoms with Crippen LogP contribution in [0.4, 0.5) is 19.0 Å². The minimum atomic E-state index is -4.44. The first-order valence-electron chi connectivity index (χ1n) is 7.88. The predicted octanol–water partition coefficient (Wildman–Crippen LogP) is 3.76. The molecule has 0 radical (unpaired) electrons. The number of pyridine rings is 1. The molecule has 1 N–H and O–H groups in total. The maximum atomic E-state index is 13.1. The molecule has 1 aliphatic rings. The highest BCUT2D eigenvalue weighted by molar-refractivity contribution is 5.94. The van der Waals surface area contributed by atoms with Gasteiger partial charge in [0.2, 0.25) is 5.91 Å². The maximum absolute atomic E-state index is 13.1. The van der Waals surface area contributed by atoms with E-state index in [4.69, 9.17) is 0 Å². The number of anilines is 1. The first kappa shape index (κ1) is 16.3. The standard InChI is InChI=1S/C18H13F3N4O/c19-18(20,21)12-4-1-5-13(7-12)25-10-23-17-16(25)14(8-15(26)24-17)11-3-2-6-22-9-11/h1-7,9-10,14H,8H2,(H,24,26)/t14-/m0/s1. The largest absolute Gasteiger partial charge is 0.416 e. The summed E-state index contributed by atoms with van der Waals surface area (Å²) in [6.45, 7) is 0. The number of fused-ring (bicyclic) bond motifs is 1. The number of imidazole rings is 1. The summed E-state index contributed by atoms with van der Waals surface area (Å²) in [5.74, 6) is -0.183. The van der Waals surface area contributed by atoms with Gasteiger partial charge in [-0.25, -0.2) is 4.98 Å². The number of halogens is 3. The van der Waals surface area contributed by atoms with Crippen LogP contribution in [0.25, 0.3) is 5.69 Å². The second kappa shape index (κ2) is 5.98. The molecular weight excluding hydrogens is 345 g/mol. The van der Waals surface area contributed by atoms with Crippen LogP contribution in [0.1, 0.15) is 29.2 Å². The minimum absolute atomic E-state index is 0.170. The Kier molecular flexibility index (Phi) is 3.75. The molecule has 0 unspecified atom stereocenters.